The van der Waals surface area contributed by atoms with E-state index in [2.05, 4.69) is 20.2 Å². The number of hydrogen-bond acceptors (Lipinski definition) is 5. The lowest BCUT2D eigenvalue weighted by molar-refractivity contribution is 0.475. The Bertz CT molecular complexity index is 1080. The SMILES string of the molecule is Cc1nc(/N=c2\cc(-c3ccccc3)oc3ccc(O)cc23)n[nH]1. The number of aromatic nitrogens is 3. The number of aromatic amines is 1. The lowest BCUT2D eigenvalue weighted by Crippen LogP contribution is -2.03. The Labute approximate surface area is 137 Å². The highest BCUT2D eigenvalue weighted by Crippen LogP contribution is 2.24. The Morgan fingerprint density at radius 1 is 1.08 bits per heavy atom. The molecule has 0 unspecified atom stereocenters. The van der Waals surface area contributed by atoms with Crippen LogP contribution >= 0.6 is 0 Å². The van der Waals surface area contributed by atoms with Gasteiger partial charge in [-0.05, 0) is 25.1 Å². The van der Waals surface area contributed by atoms with Gasteiger partial charge in [-0.3, -0.25) is 5.10 Å². The zero-order valence-corrected chi connectivity index (χ0v) is 12.9. The molecular weight excluding hydrogens is 304 g/mol. The summed E-state index contributed by atoms with van der Waals surface area (Å²) < 4.78 is 5.97. The van der Waals surface area contributed by atoms with E-state index in [1.54, 1.807) is 18.2 Å². The van der Waals surface area contributed by atoms with E-state index >= 15 is 0 Å². The van der Waals surface area contributed by atoms with Crippen molar-refractivity contribution in [2.24, 2.45) is 4.99 Å². The molecule has 0 radical (unpaired) electrons. The quantitative estimate of drug-likeness (QED) is 0.592. The van der Waals surface area contributed by atoms with Crippen LogP contribution in [0, 0.1) is 6.92 Å². The van der Waals surface area contributed by atoms with Crippen molar-refractivity contribution in [3.05, 3.63) is 65.8 Å². The number of phenols is 1. The predicted octanol–water partition coefficient (Wildman–Crippen LogP) is 3.46. The second-order valence-electron chi connectivity index (χ2n) is 5.38. The molecule has 0 aliphatic heterocycles. The number of rotatable bonds is 2. The summed E-state index contributed by atoms with van der Waals surface area (Å²) in [6.07, 6.45) is 0. The molecule has 0 saturated heterocycles. The maximum atomic E-state index is 9.79. The van der Waals surface area contributed by atoms with Crippen molar-refractivity contribution in [1.82, 2.24) is 15.2 Å². The minimum Gasteiger partial charge on any atom is -0.508 e. The van der Waals surface area contributed by atoms with Gasteiger partial charge in [0.2, 0.25) is 0 Å². The summed E-state index contributed by atoms with van der Waals surface area (Å²) in [6.45, 7) is 1.81. The molecule has 4 rings (SSSR count). The van der Waals surface area contributed by atoms with Crippen LogP contribution in [-0.2, 0) is 0 Å². The maximum Gasteiger partial charge on any atom is 0.268 e. The average Bonchev–Trinajstić information content (AvgIpc) is 3.01. The molecule has 118 valence electrons. The van der Waals surface area contributed by atoms with Crippen molar-refractivity contribution in [3.63, 3.8) is 0 Å². The number of H-pyrrole nitrogens is 1. The molecule has 2 aromatic carbocycles. The van der Waals surface area contributed by atoms with E-state index in [9.17, 15) is 5.11 Å². The summed E-state index contributed by atoms with van der Waals surface area (Å²) in [4.78, 5) is 8.70. The molecule has 0 saturated carbocycles. The third kappa shape index (κ3) is 2.65. The van der Waals surface area contributed by atoms with Gasteiger partial charge in [0.05, 0.1) is 5.36 Å². The first kappa shape index (κ1) is 14.2. The molecule has 0 spiro atoms. The molecule has 0 fully saturated rings. The van der Waals surface area contributed by atoms with Crippen molar-refractivity contribution < 1.29 is 9.52 Å². The van der Waals surface area contributed by atoms with E-state index in [1.807, 2.05) is 43.3 Å². The normalized spacial score (nSPS) is 12.0. The van der Waals surface area contributed by atoms with Gasteiger partial charge >= 0.3 is 0 Å². The fourth-order valence-corrected chi connectivity index (χ4v) is 2.48. The van der Waals surface area contributed by atoms with Crippen LogP contribution in [0.5, 0.6) is 5.75 Å². The van der Waals surface area contributed by atoms with Gasteiger partial charge in [-0.15, -0.1) is 5.10 Å². The van der Waals surface area contributed by atoms with Crippen LogP contribution in [0.1, 0.15) is 5.82 Å². The first-order valence-corrected chi connectivity index (χ1v) is 7.45. The van der Waals surface area contributed by atoms with Crippen LogP contribution < -0.4 is 5.36 Å². The van der Waals surface area contributed by atoms with Crippen LogP contribution in [0.4, 0.5) is 5.95 Å². The number of aryl methyl sites for hydroxylation is 1. The number of nitrogens with one attached hydrogen (secondary N) is 1. The van der Waals surface area contributed by atoms with Gasteiger partial charge in [0.1, 0.15) is 22.9 Å². The first-order chi connectivity index (χ1) is 11.7. The average molecular weight is 318 g/mol. The van der Waals surface area contributed by atoms with E-state index in [0.717, 1.165) is 5.56 Å². The molecule has 0 amide bonds. The Kier molecular flexibility index (Phi) is 3.35. The fourth-order valence-electron chi connectivity index (χ4n) is 2.48. The molecule has 24 heavy (non-hydrogen) atoms. The standard InChI is InChI=1S/C18H14N4O2/c1-11-19-18(22-21-11)20-15-10-17(12-5-3-2-4-6-12)24-16-8-7-13(23)9-14(15)16/h2-10,23H,1H3,(H,19,21,22)/b20-15+. The molecule has 0 bridgehead atoms. The molecule has 6 nitrogen and oxygen atoms in total. The van der Waals surface area contributed by atoms with Crippen LogP contribution in [0.25, 0.3) is 22.3 Å². The molecule has 2 N–H and O–H groups in total. The fraction of sp³-hybridized carbons (Fsp3) is 0.0556. The Hall–Kier alpha value is -3.41. The third-order valence-electron chi connectivity index (χ3n) is 3.59. The van der Waals surface area contributed by atoms with E-state index < -0.39 is 0 Å². The van der Waals surface area contributed by atoms with Gasteiger partial charge in [0, 0.05) is 17.0 Å². The van der Waals surface area contributed by atoms with E-state index in [-0.39, 0.29) is 5.75 Å². The minimum absolute atomic E-state index is 0.146. The molecule has 2 heterocycles. The van der Waals surface area contributed by atoms with Gasteiger partial charge in [-0.1, -0.05) is 30.3 Å². The Morgan fingerprint density at radius 2 is 1.92 bits per heavy atom. The van der Waals surface area contributed by atoms with Crippen molar-refractivity contribution >= 4 is 16.9 Å². The highest BCUT2D eigenvalue weighted by Gasteiger charge is 2.07. The molecule has 0 aliphatic carbocycles. The van der Waals surface area contributed by atoms with Crippen molar-refractivity contribution in [3.8, 4) is 17.1 Å². The molecule has 2 aromatic heterocycles. The number of phenolic OH excluding ortho intramolecular Hbond substituents is 1. The largest absolute Gasteiger partial charge is 0.508 e. The summed E-state index contributed by atoms with van der Waals surface area (Å²) in [5, 5.41) is 17.9. The molecule has 0 atom stereocenters. The van der Waals surface area contributed by atoms with Crippen molar-refractivity contribution in [2.45, 2.75) is 6.92 Å². The lowest BCUT2D eigenvalue weighted by atomic mass is 10.1. The highest BCUT2D eigenvalue weighted by molar-refractivity contribution is 5.80. The smallest absolute Gasteiger partial charge is 0.268 e. The van der Waals surface area contributed by atoms with Gasteiger partial charge in [-0.25, -0.2) is 4.99 Å². The van der Waals surface area contributed by atoms with Crippen LogP contribution in [0.2, 0.25) is 0 Å². The number of fused-ring (bicyclic) bond motifs is 1. The summed E-state index contributed by atoms with van der Waals surface area (Å²) in [5.41, 5.74) is 1.57. The van der Waals surface area contributed by atoms with E-state index in [4.69, 9.17) is 4.42 Å². The number of hydrogen-bond donors (Lipinski definition) is 2. The summed E-state index contributed by atoms with van der Waals surface area (Å²) in [6, 6.07) is 16.5. The maximum absolute atomic E-state index is 9.79. The lowest BCUT2D eigenvalue weighted by Gasteiger charge is -2.05. The van der Waals surface area contributed by atoms with Gasteiger partial charge in [-0.2, -0.15) is 4.98 Å². The molecular formula is C18H14N4O2. The van der Waals surface area contributed by atoms with Crippen molar-refractivity contribution in [1.29, 1.82) is 0 Å². The number of nitrogens with zero attached hydrogens (tertiary/aromatic N) is 3. The second kappa shape index (κ2) is 5.66. The molecule has 0 aliphatic rings. The Morgan fingerprint density at radius 3 is 2.67 bits per heavy atom. The third-order valence-corrected chi connectivity index (χ3v) is 3.59. The van der Waals surface area contributed by atoms with Crippen LogP contribution in [0.15, 0.2) is 64.0 Å². The number of benzene rings is 2. The van der Waals surface area contributed by atoms with Gasteiger partial charge in [0.25, 0.3) is 5.95 Å². The molecule has 4 aromatic rings. The zero-order valence-electron chi connectivity index (χ0n) is 12.9. The summed E-state index contributed by atoms with van der Waals surface area (Å²) >= 11 is 0. The van der Waals surface area contributed by atoms with E-state index in [0.29, 0.717) is 33.9 Å². The van der Waals surface area contributed by atoms with Gasteiger partial charge < -0.3 is 9.52 Å². The van der Waals surface area contributed by atoms with Crippen LogP contribution in [-0.4, -0.2) is 20.3 Å². The Balaban J connectivity index is 2.02. The summed E-state index contributed by atoms with van der Waals surface area (Å²) in [5.74, 6) is 1.85. The minimum atomic E-state index is 0.146. The summed E-state index contributed by atoms with van der Waals surface area (Å²) in [7, 11) is 0. The first-order valence-electron chi connectivity index (χ1n) is 7.45. The predicted molar refractivity (Wildman–Crippen MR) is 89.7 cm³/mol. The van der Waals surface area contributed by atoms with Crippen LogP contribution in [0.3, 0.4) is 0 Å². The van der Waals surface area contributed by atoms with Crippen molar-refractivity contribution in [2.75, 3.05) is 0 Å². The van der Waals surface area contributed by atoms with E-state index in [1.165, 1.54) is 0 Å². The number of aromatic hydroxyl groups is 1. The van der Waals surface area contributed by atoms with Gasteiger partial charge in [0.15, 0.2) is 0 Å². The second-order valence-corrected chi connectivity index (χ2v) is 5.38. The monoisotopic (exact) mass is 318 g/mol. The zero-order chi connectivity index (χ0) is 16.5. The topological polar surface area (TPSA) is 87.3 Å². The molecule has 6 heteroatoms. The highest BCUT2D eigenvalue weighted by atomic mass is 16.3.